The molecule has 0 aliphatic carbocycles. The van der Waals surface area contributed by atoms with E-state index in [9.17, 15) is 4.79 Å². The molecule has 1 fully saturated rings. The number of tetrazole rings is 1. The van der Waals surface area contributed by atoms with Crippen molar-refractivity contribution in [2.45, 2.75) is 59.7 Å². The number of aromatic nitrogens is 5. The van der Waals surface area contributed by atoms with E-state index in [0.717, 1.165) is 73.7 Å². The number of ether oxygens (including phenoxy) is 1. The van der Waals surface area contributed by atoms with Gasteiger partial charge in [-0.3, -0.25) is 14.6 Å². The Balaban J connectivity index is 1.56. The van der Waals surface area contributed by atoms with E-state index in [1.807, 2.05) is 10.7 Å². The second-order valence-corrected chi connectivity index (χ2v) is 10.3. The molecule has 0 radical (unpaired) electrons. The molecule has 0 bridgehead atoms. The molecule has 0 spiro atoms. The first kappa shape index (κ1) is 24.5. The summed E-state index contributed by atoms with van der Waals surface area (Å²) in [5, 5.41) is 13.5. The van der Waals surface area contributed by atoms with Crippen molar-refractivity contribution in [2.24, 2.45) is 0 Å². The Kier molecular flexibility index (Phi) is 7.45. The summed E-state index contributed by atoms with van der Waals surface area (Å²) < 4.78 is 7.34. The lowest BCUT2D eigenvalue weighted by Gasteiger charge is -2.28. The van der Waals surface area contributed by atoms with Crippen LogP contribution in [0.4, 0.5) is 0 Å². The lowest BCUT2D eigenvalue weighted by Crippen LogP contribution is -2.38. The van der Waals surface area contributed by atoms with E-state index >= 15 is 0 Å². The van der Waals surface area contributed by atoms with Crippen molar-refractivity contribution >= 4 is 10.9 Å². The fourth-order valence-electron chi connectivity index (χ4n) is 4.51. The summed E-state index contributed by atoms with van der Waals surface area (Å²) in [5.74, 6) is 0.808. The van der Waals surface area contributed by atoms with Gasteiger partial charge in [0.2, 0.25) is 0 Å². The van der Waals surface area contributed by atoms with Gasteiger partial charge in [-0.15, -0.1) is 5.10 Å². The molecule has 4 rings (SSSR count). The maximum atomic E-state index is 13.0. The number of nitrogens with one attached hydrogen (secondary N) is 1. The molecule has 3 aromatic rings. The van der Waals surface area contributed by atoms with E-state index in [-0.39, 0.29) is 11.1 Å². The first-order valence-electron chi connectivity index (χ1n) is 12.1. The van der Waals surface area contributed by atoms with Crippen LogP contribution in [0.5, 0.6) is 0 Å². The number of benzene rings is 1. The summed E-state index contributed by atoms with van der Waals surface area (Å²) in [6, 6.07) is 6.22. The zero-order chi connectivity index (χ0) is 24.3. The Morgan fingerprint density at radius 1 is 1.15 bits per heavy atom. The normalized spacial score (nSPS) is 15.5. The van der Waals surface area contributed by atoms with Crippen molar-refractivity contribution in [1.29, 1.82) is 0 Å². The van der Waals surface area contributed by atoms with E-state index in [1.54, 1.807) is 0 Å². The number of nitrogens with zero attached hydrogens (tertiary/aromatic N) is 6. The number of aryl methyl sites for hydroxylation is 2. The Hall–Kier alpha value is -2.62. The SMILES string of the molecule is Cc1ccc2cc(CN(CCCN3CCOCC3)Cc3nnnn3C(C)(C)C)c(=O)[nH]c2c1C. The van der Waals surface area contributed by atoms with Gasteiger partial charge >= 0.3 is 0 Å². The van der Waals surface area contributed by atoms with E-state index in [0.29, 0.717) is 13.1 Å². The second-order valence-electron chi connectivity index (χ2n) is 10.3. The third-order valence-electron chi connectivity index (χ3n) is 6.61. The third kappa shape index (κ3) is 5.71. The summed E-state index contributed by atoms with van der Waals surface area (Å²) in [5.41, 5.74) is 3.73. The topological polar surface area (TPSA) is 92.2 Å². The first-order valence-corrected chi connectivity index (χ1v) is 12.1. The summed E-state index contributed by atoms with van der Waals surface area (Å²) in [6.07, 6.45) is 1.00. The molecule has 0 unspecified atom stereocenters. The third-order valence-corrected chi connectivity index (χ3v) is 6.61. The number of H-pyrrole nitrogens is 1. The lowest BCUT2D eigenvalue weighted by molar-refractivity contribution is 0.0358. The highest BCUT2D eigenvalue weighted by Gasteiger charge is 2.22. The average Bonchev–Trinajstić information content (AvgIpc) is 3.27. The Morgan fingerprint density at radius 2 is 1.91 bits per heavy atom. The van der Waals surface area contributed by atoms with Crippen molar-refractivity contribution in [3.63, 3.8) is 0 Å². The summed E-state index contributed by atoms with van der Waals surface area (Å²) >= 11 is 0. The van der Waals surface area contributed by atoms with Crippen LogP contribution in [-0.4, -0.2) is 74.4 Å². The monoisotopic (exact) mass is 467 g/mol. The molecule has 9 heteroatoms. The van der Waals surface area contributed by atoms with Crippen molar-refractivity contribution in [3.05, 3.63) is 51.1 Å². The van der Waals surface area contributed by atoms with Gasteiger partial charge in [-0.05, 0) is 80.6 Å². The fraction of sp³-hybridized carbons (Fsp3) is 0.600. The highest BCUT2D eigenvalue weighted by Crippen LogP contribution is 2.20. The maximum absolute atomic E-state index is 13.0. The molecular weight excluding hydrogens is 430 g/mol. The zero-order valence-corrected chi connectivity index (χ0v) is 21.1. The first-order chi connectivity index (χ1) is 16.2. The molecule has 0 saturated carbocycles. The van der Waals surface area contributed by atoms with Crippen LogP contribution in [0.25, 0.3) is 10.9 Å². The molecule has 9 nitrogen and oxygen atoms in total. The number of aromatic amines is 1. The number of morpholine rings is 1. The van der Waals surface area contributed by atoms with Gasteiger partial charge in [0.05, 0.1) is 30.8 Å². The molecule has 1 aliphatic heterocycles. The zero-order valence-electron chi connectivity index (χ0n) is 21.1. The number of hydrogen-bond acceptors (Lipinski definition) is 7. The molecular formula is C25H37N7O2. The Morgan fingerprint density at radius 3 is 2.65 bits per heavy atom. The van der Waals surface area contributed by atoms with Crippen LogP contribution in [0.2, 0.25) is 0 Å². The van der Waals surface area contributed by atoms with Gasteiger partial charge in [0.1, 0.15) is 0 Å². The number of hydrogen-bond donors (Lipinski definition) is 1. The Bertz CT molecular complexity index is 1170. The molecule has 1 saturated heterocycles. The van der Waals surface area contributed by atoms with Crippen LogP contribution in [0.3, 0.4) is 0 Å². The van der Waals surface area contributed by atoms with Gasteiger partial charge in [-0.1, -0.05) is 12.1 Å². The molecule has 1 aromatic carbocycles. The van der Waals surface area contributed by atoms with Crippen molar-refractivity contribution < 1.29 is 4.74 Å². The molecule has 0 atom stereocenters. The summed E-state index contributed by atoms with van der Waals surface area (Å²) in [7, 11) is 0. The smallest absolute Gasteiger partial charge is 0.252 e. The van der Waals surface area contributed by atoms with E-state index in [2.05, 4.69) is 77.1 Å². The minimum Gasteiger partial charge on any atom is -0.379 e. The quantitative estimate of drug-likeness (QED) is 0.544. The van der Waals surface area contributed by atoms with Crippen LogP contribution in [0, 0.1) is 13.8 Å². The van der Waals surface area contributed by atoms with Gasteiger partial charge in [0, 0.05) is 31.7 Å². The van der Waals surface area contributed by atoms with Gasteiger partial charge in [-0.25, -0.2) is 4.68 Å². The minimum atomic E-state index is -0.214. The number of fused-ring (bicyclic) bond motifs is 1. The van der Waals surface area contributed by atoms with Gasteiger partial charge in [-0.2, -0.15) is 0 Å². The van der Waals surface area contributed by atoms with Crippen LogP contribution in [0.15, 0.2) is 23.0 Å². The van der Waals surface area contributed by atoms with Gasteiger partial charge in [0.15, 0.2) is 5.82 Å². The number of pyridine rings is 1. The average molecular weight is 468 g/mol. The maximum Gasteiger partial charge on any atom is 0.252 e. The van der Waals surface area contributed by atoms with Gasteiger partial charge in [0.25, 0.3) is 5.56 Å². The van der Waals surface area contributed by atoms with E-state index in [4.69, 9.17) is 4.74 Å². The predicted molar refractivity (Wildman–Crippen MR) is 133 cm³/mol. The van der Waals surface area contributed by atoms with Gasteiger partial charge < -0.3 is 9.72 Å². The lowest BCUT2D eigenvalue weighted by atomic mass is 10.0. The minimum absolute atomic E-state index is 0.0326. The van der Waals surface area contributed by atoms with Crippen LogP contribution in [0.1, 0.15) is 49.7 Å². The number of rotatable bonds is 8. The van der Waals surface area contributed by atoms with Crippen molar-refractivity contribution in [2.75, 3.05) is 39.4 Å². The molecule has 2 aromatic heterocycles. The molecule has 1 N–H and O–H groups in total. The molecule has 1 aliphatic rings. The molecule has 3 heterocycles. The highest BCUT2D eigenvalue weighted by molar-refractivity contribution is 5.83. The fourth-order valence-corrected chi connectivity index (χ4v) is 4.51. The van der Waals surface area contributed by atoms with E-state index in [1.165, 1.54) is 5.56 Å². The largest absolute Gasteiger partial charge is 0.379 e. The Labute approximate surface area is 201 Å². The molecule has 184 valence electrons. The molecule has 0 amide bonds. The highest BCUT2D eigenvalue weighted by atomic mass is 16.5. The van der Waals surface area contributed by atoms with E-state index < -0.39 is 0 Å². The molecule has 34 heavy (non-hydrogen) atoms. The van der Waals surface area contributed by atoms with Crippen LogP contribution in [-0.2, 0) is 23.4 Å². The summed E-state index contributed by atoms with van der Waals surface area (Å²) in [6.45, 7) is 16.9. The second kappa shape index (κ2) is 10.3. The standard InChI is InChI=1S/C25H37N7O2/c1-18-7-8-20-15-21(24(33)26-23(20)19(18)2)16-31(10-6-9-30-11-13-34-14-12-30)17-22-27-28-29-32(22)25(3,4)5/h7-8,15H,6,9-14,16-17H2,1-5H3,(H,26,33). The summed E-state index contributed by atoms with van der Waals surface area (Å²) in [4.78, 5) is 20.9. The van der Waals surface area contributed by atoms with Crippen molar-refractivity contribution in [3.8, 4) is 0 Å². The van der Waals surface area contributed by atoms with Crippen molar-refractivity contribution in [1.82, 2.24) is 35.0 Å². The van der Waals surface area contributed by atoms with Crippen LogP contribution >= 0.6 is 0 Å². The predicted octanol–water partition coefficient (Wildman–Crippen LogP) is 2.61. The van der Waals surface area contributed by atoms with Crippen LogP contribution < -0.4 is 5.56 Å².